The minimum absolute atomic E-state index is 0.106. The highest BCUT2D eigenvalue weighted by atomic mass is 79.9. The lowest BCUT2D eigenvalue weighted by Crippen LogP contribution is -2.49. The topological polar surface area (TPSA) is 128 Å². The lowest BCUT2D eigenvalue weighted by molar-refractivity contribution is -0.124. The van der Waals surface area contributed by atoms with Gasteiger partial charge in [0.15, 0.2) is 0 Å². The van der Waals surface area contributed by atoms with Crippen LogP contribution in [0.1, 0.15) is 29.0 Å². The predicted octanol–water partition coefficient (Wildman–Crippen LogP) is 4.80. The molecular weight excluding hydrogens is 669 g/mol. The van der Waals surface area contributed by atoms with Gasteiger partial charge in [0.25, 0.3) is 0 Å². The number of morpholine rings is 1. The first-order chi connectivity index (χ1) is 21.4. The number of benzene rings is 2. The molecular formula is C30H31BrF5N5O4. The summed E-state index contributed by atoms with van der Waals surface area (Å²) >= 11 is 3.39. The molecule has 0 unspecified atom stereocenters. The molecule has 1 saturated heterocycles. The number of anilines is 1. The normalized spacial score (nSPS) is 18.1. The van der Waals surface area contributed by atoms with Gasteiger partial charge in [0.05, 0.1) is 42.9 Å². The molecule has 4 atom stereocenters. The first kappa shape index (κ1) is 34.2. The van der Waals surface area contributed by atoms with Crippen LogP contribution in [0.15, 0.2) is 65.4 Å². The Balaban J connectivity index is 1.35. The van der Waals surface area contributed by atoms with Gasteiger partial charge in [0, 0.05) is 22.5 Å². The predicted molar refractivity (Wildman–Crippen MR) is 158 cm³/mol. The molecule has 15 heteroatoms. The van der Waals surface area contributed by atoms with E-state index in [0.29, 0.717) is 18.5 Å². The molecule has 1 aromatic heterocycles. The third-order valence-electron chi connectivity index (χ3n) is 7.12. The number of pyridine rings is 1. The van der Waals surface area contributed by atoms with E-state index < -0.39 is 54.4 Å². The van der Waals surface area contributed by atoms with Gasteiger partial charge < -0.3 is 31.2 Å². The number of hydrogen-bond acceptors (Lipinski definition) is 7. The molecule has 2 heterocycles. The number of nitrogens with zero attached hydrogens (tertiary/aromatic N) is 1. The van der Waals surface area contributed by atoms with E-state index in [2.05, 4.69) is 31.5 Å². The summed E-state index contributed by atoms with van der Waals surface area (Å²) < 4.78 is 76.6. The standard InChI is InChI=1S/C30H31BrF5N5O4/c31-19-5-1-17(2-6-19)26(18-3-7-20(32)8-4-18)27(37)28(42)41-25-13-38-12-24(33)23(25)10-9-22-11-39-21(14-44-22)15-45-29(43)40-16-30(34,35)36/h1-8,12-13,21-22,26-27,39H,9-11,14-16,37H2,(H,40,43)(H,41,42)/t21-,22+,26-,27-/m0/s1. The second-order valence-electron chi connectivity index (χ2n) is 10.4. The van der Waals surface area contributed by atoms with Crippen LogP contribution in [-0.2, 0) is 20.7 Å². The minimum Gasteiger partial charge on any atom is -0.448 e. The number of amides is 2. The van der Waals surface area contributed by atoms with E-state index in [0.717, 1.165) is 16.2 Å². The van der Waals surface area contributed by atoms with Crippen molar-refractivity contribution in [3.8, 4) is 0 Å². The van der Waals surface area contributed by atoms with Crippen LogP contribution in [0.5, 0.6) is 0 Å². The summed E-state index contributed by atoms with van der Waals surface area (Å²) in [6, 6.07) is 11.3. The van der Waals surface area contributed by atoms with Crippen LogP contribution in [0.4, 0.5) is 32.4 Å². The second-order valence-corrected chi connectivity index (χ2v) is 11.3. The lowest BCUT2D eigenvalue weighted by atomic mass is 9.85. The number of aromatic nitrogens is 1. The number of nitrogens with one attached hydrogen (secondary N) is 3. The number of carbonyl (C=O) groups excluding carboxylic acids is 2. The summed E-state index contributed by atoms with van der Waals surface area (Å²) in [6.07, 6.45) is -3.23. The summed E-state index contributed by atoms with van der Waals surface area (Å²) in [4.78, 5) is 28.8. The highest BCUT2D eigenvalue weighted by Gasteiger charge is 2.30. The molecule has 2 aromatic carbocycles. The summed E-state index contributed by atoms with van der Waals surface area (Å²) in [5, 5.41) is 7.41. The molecule has 0 spiro atoms. The van der Waals surface area contributed by atoms with Crippen molar-refractivity contribution in [2.45, 2.75) is 43.1 Å². The van der Waals surface area contributed by atoms with E-state index in [9.17, 15) is 31.5 Å². The summed E-state index contributed by atoms with van der Waals surface area (Å²) in [7, 11) is 0. The number of hydrogen-bond donors (Lipinski definition) is 4. The van der Waals surface area contributed by atoms with Crippen molar-refractivity contribution in [1.82, 2.24) is 15.6 Å². The summed E-state index contributed by atoms with van der Waals surface area (Å²) in [5.74, 6) is -2.31. The largest absolute Gasteiger partial charge is 0.448 e. The zero-order valence-electron chi connectivity index (χ0n) is 23.8. The Morgan fingerprint density at radius 3 is 2.38 bits per heavy atom. The van der Waals surface area contributed by atoms with E-state index in [1.807, 2.05) is 0 Å². The number of ether oxygens (including phenoxy) is 2. The van der Waals surface area contributed by atoms with Crippen LogP contribution >= 0.6 is 15.9 Å². The van der Waals surface area contributed by atoms with Crippen LogP contribution in [0, 0.1) is 11.6 Å². The first-order valence-corrected chi connectivity index (χ1v) is 14.7. The highest BCUT2D eigenvalue weighted by molar-refractivity contribution is 9.10. The first-order valence-electron chi connectivity index (χ1n) is 13.9. The number of carbonyl (C=O) groups is 2. The van der Waals surface area contributed by atoms with Gasteiger partial charge in [-0.05, 0) is 48.2 Å². The van der Waals surface area contributed by atoms with Crippen LogP contribution in [-0.4, -0.2) is 67.7 Å². The molecule has 0 bridgehead atoms. The number of rotatable bonds is 11. The average Bonchev–Trinajstić information content (AvgIpc) is 3.01. The molecule has 0 saturated carbocycles. The highest BCUT2D eigenvalue weighted by Crippen LogP contribution is 2.30. The smallest absolute Gasteiger partial charge is 0.407 e. The Morgan fingerprint density at radius 2 is 1.76 bits per heavy atom. The fourth-order valence-corrected chi connectivity index (χ4v) is 5.07. The monoisotopic (exact) mass is 699 g/mol. The van der Waals surface area contributed by atoms with Gasteiger partial charge in [0.1, 0.15) is 24.8 Å². The van der Waals surface area contributed by atoms with Crippen molar-refractivity contribution in [1.29, 1.82) is 0 Å². The van der Waals surface area contributed by atoms with Crippen molar-refractivity contribution >= 4 is 33.6 Å². The summed E-state index contributed by atoms with van der Waals surface area (Å²) in [6.45, 7) is -1.28. The molecule has 9 nitrogen and oxygen atoms in total. The van der Waals surface area contributed by atoms with Crippen molar-refractivity contribution in [3.05, 3.63) is 93.7 Å². The van der Waals surface area contributed by atoms with E-state index in [1.165, 1.54) is 18.3 Å². The summed E-state index contributed by atoms with van der Waals surface area (Å²) in [5.41, 5.74) is 8.15. The van der Waals surface area contributed by atoms with Gasteiger partial charge in [0.2, 0.25) is 5.91 Å². The zero-order valence-corrected chi connectivity index (χ0v) is 25.3. The Bertz CT molecular complexity index is 1390. The Hall–Kier alpha value is -3.66. The molecule has 1 aliphatic rings. The van der Waals surface area contributed by atoms with Gasteiger partial charge in [-0.3, -0.25) is 9.78 Å². The van der Waals surface area contributed by atoms with Crippen LogP contribution < -0.4 is 21.7 Å². The number of nitrogens with two attached hydrogens (primary N) is 1. The number of alkyl halides is 3. The lowest BCUT2D eigenvalue weighted by Gasteiger charge is -2.30. The van der Waals surface area contributed by atoms with Gasteiger partial charge in [-0.2, -0.15) is 13.2 Å². The maximum atomic E-state index is 14.9. The molecule has 1 fully saturated rings. The third kappa shape index (κ3) is 10.2. The Morgan fingerprint density at radius 1 is 1.09 bits per heavy atom. The van der Waals surface area contributed by atoms with E-state index in [4.69, 9.17) is 15.2 Å². The van der Waals surface area contributed by atoms with Gasteiger partial charge in [-0.1, -0.05) is 40.2 Å². The molecule has 1 aliphatic heterocycles. The molecule has 5 N–H and O–H groups in total. The quantitative estimate of drug-likeness (QED) is 0.212. The molecule has 0 radical (unpaired) electrons. The molecule has 4 rings (SSSR count). The molecule has 3 aromatic rings. The van der Waals surface area contributed by atoms with E-state index >= 15 is 0 Å². The Labute approximate surface area is 264 Å². The van der Waals surface area contributed by atoms with E-state index in [1.54, 1.807) is 41.7 Å². The number of halogens is 6. The fourth-order valence-electron chi connectivity index (χ4n) is 4.80. The van der Waals surface area contributed by atoms with E-state index in [-0.39, 0.29) is 37.0 Å². The van der Waals surface area contributed by atoms with Crippen molar-refractivity contribution in [3.63, 3.8) is 0 Å². The molecule has 2 amide bonds. The van der Waals surface area contributed by atoms with Crippen molar-refractivity contribution < 1.29 is 41.0 Å². The van der Waals surface area contributed by atoms with Crippen molar-refractivity contribution in [2.75, 3.05) is 31.6 Å². The second kappa shape index (κ2) is 15.6. The fraction of sp³-hybridized carbons (Fsp3) is 0.367. The SMILES string of the molecule is N[C@H](C(=O)Nc1cncc(F)c1CC[C@@H]1CN[C@H](COC(=O)NCC(F)(F)F)CO1)[C@H](c1ccc(F)cc1)c1ccc(Br)cc1. The van der Waals surface area contributed by atoms with Gasteiger partial charge in [-0.15, -0.1) is 0 Å². The number of alkyl carbamates (subject to hydrolysis) is 1. The maximum absolute atomic E-state index is 14.9. The third-order valence-corrected chi connectivity index (χ3v) is 7.64. The molecule has 45 heavy (non-hydrogen) atoms. The zero-order chi connectivity index (χ0) is 32.6. The van der Waals surface area contributed by atoms with Gasteiger partial charge >= 0.3 is 12.3 Å². The Kier molecular flexibility index (Phi) is 11.8. The molecule has 0 aliphatic carbocycles. The average molecular weight is 701 g/mol. The molecule has 242 valence electrons. The van der Waals surface area contributed by atoms with Gasteiger partial charge in [-0.25, -0.2) is 13.6 Å². The van der Waals surface area contributed by atoms with Crippen LogP contribution in [0.25, 0.3) is 0 Å². The maximum Gasteiger partial charge on any atom is 0.407 e. The van der Waals surface area contributed by atoms with Crippen LogP contribution in [0.3, 0.4) is 0 Å². The minimum atomic E-state index is -4.55. The van der Waals surface area contributed by atoms with Crippen molar-refractivity contribution in [2.24, 2.45) is 5.73 Å². The van der Waals surface area contributed by atoms with Crippen LogP contribution in [0.2, 0.25) is 0 Å².